The summed E-state index contributed by atoms with van der Waals surface area (Å²) in [6, 6.07) is 3.71. The van der Waals surface area contributed by atoms with Crippen LogP contribution in [0.15, 0.2) is 27.6 Å². The molecule has 0 spiro atoms. The second-order valence-corrected chi connectivity index (χ2v) is 4.76. The van der Waals surface area contributed by atoms with Crippen molar-refractivity contribution in [2.45, 2.75) is 13.0 Å². The molecule has 0 aliphatic carbocycles. The summed E-state index contributed by atoms with van der Waals surface area (Å²) < 4.78 is 2.53. The highest BCUT2D eigenvalue weighted by atomic mass is 79.9. The van der Waals surface area contributed by atoms with Crippen molar-refractivity contribution in [2.24, 2.45) is 0 Å². The second kappa shape index (κ2) is 3.68. The monoisotopic (exact) mass is 279 g/mol. The molecule has 0 aromatic carbocycles. The van der Waals surface area contributed by atoms with Gasteiger partial charge in [-0.25, -0.2) is 4.98 Å². The average molecular weight is 280 g/mol. The Kier molecular flexibility index (Phi) is 2.29. The van der Waals surface area contributed by atoms with Crippen molar-refractivity contribution in [1.29, 1.82) is 0 Å². The van der Waals surface area contributed by atoms with Crippen molar-refractivity contribution in [3.63, 3.8) is 0 Å². The van der Waals surface area contributed by atoms with Crippen molar-refractivity contribution in [1.82, 2.24) is 14.7 Å². The van der Waals surface area contributed by atoms with Gasteiger partial charge in [-0.05, 0) is 12.1 Å². The minimum atomic E-state index is 0.0414. The maximum absolute atomic E-state index is 12.2. The van der Waals surface area contributed by atoms with Crippen LogP contribution in [-0.4, -0.2) is 15.9 Å². The first kappa shape index (κ1) is 9.99. The van der Waals surface area contributed by atoms with Gasteiger partial charge in [-0.15, -0.1) is 0 Å². The summed E-state index contributed by atoms with van der Waals surface area (Å²) in [6.45, 7) is 1.52. The third-order valence-electron chi connectivity index (χ3n) is 2.81. The molecule has 0 atom stereocenters. The molecule has 0 saturated heterocycles. The highest BCUT2D eigenvalue weighted by molar-refractivity contribution is 9.10. The maximum Gasteiger partial charge on any atom is 0.262 e. The molecule has 0 saturated carbocycles. The lowest BCUT2D eigenvalue weighted by atomic mass is 10.1. The Balaban J connectivity index is 2.39. The van der Waals surface area contributed by atoms with Crippen molar-refractivity contribution >= 4 is 21.6 Å². The van der Waals surface area contributed by atoms with Crippen LogP contribution >= 0.6 is 15.9 Å². The zero-order valence-corrected chi connectivity index (χ0v) is 10.1. The van der Waals surface area contributed by atoms with Gasteiger partial charge in [-0.2, -0.15) is 0 Å². The first-order chi connectivity index (χ1) is 7.75. The van der Waals surface area contributed by atoms with E-state index in [0.717, 1.165) is 28.7 Å². The molecule has 1 N–H and O–H groups in total. The Bertz CT molecular complexity index is 620. The topological polar surface area (TPSA) is 46.4 Å². The van der Waals surface area contributed by atoms with Crippen LogP contribution in [0.1, 0.15) is 11.3 Å². The van der Waals surface area contributed by atoms with Gasteiger partial charge >= 0.3 is 0 Å². The molecular weight excluding hydrogens is 270 g/mol. The Morgan fingerprint density at radius 1 is 1.50 bits per heavy atom. The lowest BCUT2D eigenvalue weighted by Crippen LogP contribution is -2.33. The number of aromatic nitrogens is 2. The molecule has 3 heterocycles. The van der Waals surface area contributed by atoms with E-state index < -0.39 is 0 Å². The van der Waals surface area contributed by atoms with Crippen molar-refractivity contribution in [3.8, 4) is 0 Å². The molecule has 1 aliphatic rings. The summed E-state index contributed by atoms with van der Waals surface area (Å²) in [5, 5.41) is 3.20. The van der Waals surface area contributed by atoms with Crippen LogP contribution in [0.4, 0.5) is 0 Å². The molecule has 0 amide bonds. The van der Waals surface area contributed by atoms with Crippen molar-refractivity contribution < 1.29 is 0 Å². The third-order valence-corrected chi connectivity index (χ3v) is 3.31. The Morgan fingerprint density at radius 3 is 3.25 bits per heavy atom. The van der Waals surface area contributed by atoms with Crippen LogP contribution in [0.2, 0.25) is 0 Å². The molecule has 1 aliphatic heterocycles. The fourth-order valence-electron chi connectivity index (χ4n) is 2.00. The van der Waals surface area contributed by atoms with Gasteiger partial charge in [0.1, 0.15) is 5.65 Å². The van der Waals surface area contributed by atoms with E-state index in [4.69, 9.17) is 0 Å². The molecule has 4 nitrogen and oxygen atoms in total. The lowest BCUT2D eigenvalue weighted by molar-refractivity contribution is 0.620. The van der Waals surface area contributed by atoms with Gasteiger partial charge in [0.05, 0.1) is 11.3 Å². The smallest absolute Gasteiger partial charge is 0.262 e. The van der Waals surface area contributed by atoms with E-state index in [1.54, 1.807) is 10.6 Å². The Morgan fingerprint density at radius 2 is 2.38 bits per heavy atom. The molecule has 2 aromatic rings. The predicted molar refractivity (Wildman–Crippen MR) is 64.6 cm³/mol. The SMILES string of the molecule is O=c1c2c(nc3cc(Br)ccn13)CCNC2. The summed E-state index contributed by atoms with van der Waals surface area (Å²) in [5.74, 6) is 0. The predicted octanol–water partition coefficient (Wildman–Crippen LogP) is 1.10. The average Bonchev–Trinajstić information content (AvgIpc) is 2.29. The van der Waals surface area contributed by atoms with E-state index in [-0.39, 0.29) is 5.56 Å². The van der Waals surface area contributed by atoms with Gasteiger partial charge in [-0.1, -0.05) is 15.9 Å². The van der Waals surface area contributed by atoms with Crippen LogP contribution in [0, 0.1) is 0 Å². The van der Waals surface area contributed by atoms with Gasteiger partial charge in [0.2, 0.25) is 0 Å². The zero-order valence-electron chi connectivity index (χ0n) is 8.53. The van der Waals surface area contributed by atoms with E-state index in [1.807, 2.05) is 12.1 Å². The number of nitrogens with one attached hydrogen (secondary N) is 1. The molecule has 0 radical (unpaired) electrons. The van der Waals surface area contributed by atoms with Crippen LogP contribution in [-0.2, 0) is 13.0 Å². The number of hydrogen-bond donors (Lipinski definition) is 1. The highest BCUT2D eigenvalue weighted by Crippen LogP contribution is 2.13. The standard InChI is InChI=1S/C11H10BrN3O/c12-7-2-4-15-10(5-7)14-9-1-3-13-6-8(9)11(15)16/h2,4-5,13H,1,3,6H2. The van der Waals surface area contributed by atoms with Gasteiger partial charge in [0.15, 0.2) is 0 Å². The normalized spacial score (nSPS) is 15.1. The fraction of sp³-hybridized carbons (Fsp3) is 0.273. The molecule has 0 unspecified atom stereocenters. The van der Waals surface area contributed by atoms with Gasteiger partial charge in [0, 0.05) is 30.2 Å². The van der Waals surface area contributed by atoms with Crippen LogP contribution in [0.3, 0.4) is 0 Å². The van der Waals surface area contributed by atoms with Crippen LogP contribution in [0.25, 0.3) is 5.65 Å². The molecule has 0 fully saturated rings. The first-order valence-electron chi connectivity index (χ1n) is 5.16. The first-order valence-corrected chi connectivity index (χ1v) is 5.95. The van der Waals surface area contributed by atoms with E-state index in [2.05, 4.69) is 26.2 Å². The number of fused-ring (bicyclic) bond motifs is 2. The number of nitrogens with zero attached hydrogens (tertiary/aromatic N) is 2. The second-order valence-electron chi connectivity index (χ2n) is 3.84. The Hall–Kier alpha value is -1.20. The summed E-state index contributed by atoms with van der Waals surface area (Å²) in [5.41, 5.74) is 2.48. The van der Waals surface area contributed by atoms with Gasteiger partial charge < -0.3 is 5.32 Å². The van der Waals surface area contributed by atoms with Gasteiger partial charge in [0.25, 0.3) is 5.56 Å². The quantitative estimate of drug-likeness (QED) is 0.786. The largest absolute Gasteiger partial charge is 0.312 e. The van der Waals surface area contributed by atoms with Crippen LogP contribution < -0.4 is 10.9 Å². The number of halogens is 1. The highest BCUT2D eigenvalue weighted by Gasteiger charge is 2.15. The third kappa shape index (κ3) is 1.47. The summed E-state index contributed by atoms with van der Waals surface area (Å²) >= 11 is 3.39. The number of hydrogen-bond acceptors (Lipinski definition) is 3. The van der Waals surface area contributed by atoms with Crippen molar-refractivity contribution in [3.05, 3.63) is 44.4 Å². The fourth-order valence-corrected chi connectivity index (χ4v) is 2.32. The summed E-state index contributed by atoms with van der Waals surface area (Å²) in [6.07, 6.45) is 2.58. The minimum Gasteiger partial charge on any atom is -0.312 e. The van der Waals surface area contributed by atoms with Gasteiger partial charge in [-0.3, -0.25) is 9.20 Å². The molecular formula is C11H10BrN3O. The molecule has 0 bridgehead atoms. The molecule has 5 heteroatoms. The zero-order chi connectivity index (χ0) is 11.1. The Labute approximate surface area is 100 Å². The minimum absolute atomic E-state index is 0.0414. The summed E-state index contributed by atoms with van der Waals surface area (Å²) in [4.78, 5) is 16.7. The maximum atomic E-state index is 12.2. The van der Waals surface area contributed by atoms with E-state index in [9.17, 15) is 4.79 Å². The molecule has 16 heavy (non-hydrogen) atoms. The van der Waals surface area contributed by atoms with E-state index in [0.29, 0.717) is 12.2 Å². The molecule has 82 valence electrons. The van der Waals surface area contributed by atoms with Crippen molar-refractivity contribution in [2.75, 3.05) is 6.54 Å². The molecule has 2 aromatic heterocycles. The molecule has 3 rings (SSSR count). The van der Waals surface area contributed by atoms with Crippen LogP contribution in [0.5, 0.6) is 0 Å². The summed E-state index contributed by atoms with van der Waals surface area (Å²) in [7, 11) is 0. The lowest BCUT2D eigenvalue weighted by Gasteiger charge is -2.16. The number of pyridine rings is 1. The van der Waals surface area contributed by atoms with E-state index >= 15 is 0 Å². The van der Waals surface area contributed by atoms with E-state index in [1.165, 1.54) is 0 Å². The number of rotatable bonds is 0.